The fourth-order valence-corrected chi connectivity index (χ4v) is 10.8. The van der Waals surface area contributed by atoms with E-state index in [2.05, 4.69) is 191 Å². The normalized spacial score (nSPS) is 15.1. The topological polar surface area (TPSA) is 69.7 Å². The monoisotopic (exact) mass is 908 g/mol. The molecule has 0 bridgehead atoms. The molecule has 0 saturated carbocycles. The van der Waals surface area contributed by atoms with Crippen LogP contribution in [-0.4, -0.2) is 33.1 Å². The molecule has 6 heterocycles. The van der Waals surface area contributed by atoms with Crippen molar-refractivity contribution in [1.29, 1.82) is 0 Å². The Bertz CT molecular complexity index is 3280. The number of rotatable bonds is 4. The first-order valence-corrected chi connectivity index (χ1v) is 24.3. The van der Waals surface area contributed by atoms with Crippen molar-refractivity contribution in [3.05, 3.63) is 151 Å². The Kier molecular flexibility index (Phi) is 9.36. The third-order valence-corrected chi connectivity index (χ3v) is 14.3. The number of furan rings is 2. The van der Waals surface area contributed by atoms with Gasteiger partial charge in [-0.1, -0.05) is 120 Å². The van der Waals surface area contributed by atoms with Crippen LogP contribution in [0.2, 0.25) is 0 Å². The smallest absolute Gasteiger partial charge is 0.342 e. The fraction of sp³-hybridized carbons (Fsp3) is 0.233. The fourth-order valence-electron chi connectivity index (χ4n) is 10.8. The molecule has 4 aliphatic rings. The maximum absolute atomic E-state index is 7.38. The molecule has 0 radical (unpaired) electrons. The highest BCUT2D eigenvalue weighted by molar-refractivity contribution is 6.99. The Labute approximate surface area is 403 Å². The Morgan fingerprint density at radius 3 is 1.23 bits per heavy atom. The summed E-state index contributed by atoms with van der Waals surface area (Å²) in [5.41, 5.74) is 16.6. The van der Waals surface area contributed by atoms with Crippen LogP contribution in [0.15, 0.2) is 148 Å². The van der Waals surface area contributed by atoms with Gasteiger partial charge in [0.15, 0.2) is 23.0 Å². The van der Waals surface area contributed by atoms with Crippen LogP contribution in [0.4, 0.5) is 34.1 Å². The van der Waals surface area contributed by atoms with Crippen LogP contribution in [0.25, 0.3) is 44.2 Å². The average molecular weight is 909 g/mol. The van der Waals surface area contributed by atoms with E-state index in [4.69, 9.17) is 27.8 Å². The van der Waals surface area contributed by atoms with E-state index < -0.39 is 6.71 Å². The summed E-state index contributed by atoms with van der Waals surface area (Å²) < 4.78 is 40.7. The molecule has 0 fully saturated rings. The van der Waals surface area contributed by atoms with E-state index in [9.17, 15) is 0 Å². The van der Waals surface area contributed by atoms with Crippen molar-refractivity contribution in [2.24, 2.45) is 0 Å². The lowest BCUT2D eigenvalue weighted by Gasteiger charge is -2.41. The Morgan fingerprint density at radius 2 is 0.826 bits per heavy atom. The van der Waals surface area contributed by atoms with Crippen molar-refractivity contribution >= 4 is 79.6 Å². The maximum Gasteiger partial charge on any atom is 0.342 e. The van der Waals surface area contributed by atoms with Crippen LogP contribution < -0.4 is 45.5 Å². The minimum atomic E-state index is -0.411. The molecule has 0 amide bonds. The van der Waals surface area contributed by atoms with Gasteiger partial charge in [-0.15, -0.1) is 0 Å². The van der Waals surface area contributed by atoms with Gasteiger partial charge in [0.2, 0.25) is 0 Å². The SMILES string of the molecule is CC(C)(C)c1ccc2oc3c(c2c1)N(c1cc2c(cc1-c1ccccc1)OCCCO2)c1cccc2c1B3c1oc3ccc(C(C)(C)C)cc3c1N2c1cc2c(cc1-c1ccccc1)OCCCO2. The van der Waals surface area contributed by atoms with Gasteiger partial charge in [-0.25, -0.2) is 0 Å². The van der Waals surface area contributed by atoms with Gasteiger partial charge in [0.1, 0.15) is 22.5 Å². The molecule has 0 spiro atoms. The summed E-state index contributed by atoms with van der Waals surface area (Å²) in [6.45, 7) is 15.5. The molecule has 9 heteroatoms. The second-order valence-corrected chi connectivity index (χ2v) is 20.8. The number of hydrogen-bond donors (Lipinski definition) is 0. The highest BCUT2D eigenvalue weighted by atomic mass is 16.5. The van der Waals surface area contributed by atoms with E-state index in [1.165, 1.54) is 11.1 Å². The van der Waals surface area contributed by atoms with E-state index in [0.717, 1.165) is 131 Å². The predicted molar refractivity (Wildman–Crippen MR) is 279 cm³/mol. The summed E-state index contributed by atoms with van der Waals surface area (Å²) in [6, 6.07) is 50.0. The van der Waals surface area contributed by atoms with E-state index in [-0.39, 0.29) is 10.8 Å². The zero-order chi connectivity index (χ0) is 46.8. The number of hydrogen-bond acceptors (Lipinski definition) is 8. The Morgan fingerprint density at radius 1 is 0.420 bits per heavy atom. The standard InChI is InChI=1S/C60H53BN2O6/c1-59(2,3)38-22-24-48-42(30-38)55-57(68-48)61-54-44(62(55)46-34-52-50(64-26-14-28-66-52)32-40(46)36-16-9-7-10-17-36)20-13-21-45(54)63(56-43-31-39(60(4,5)6)23-25-49(43)69-58(56)61)47-35-53-51(65-27-15-29-67-53)33-41(47)37-18-11-8-12-19-37/h7-13,16-25,30-35H,14-15,26-29H2,1-6H3. The summed E-state index contributed by atoms with van der Waals surface area (Å²) >= 11 is 0. The number of nitrogens with zero attached hydrogens (tertiary/aromatic N) is 2. The molecule has 4 aliphatic heterocycles. The minimum Gasteiger partial charge on any atom is -0.490 e. The lowest BCUT2D eigenvalue weighted by molar-refractivity contribution is 0.296. The summed E-state index contributed by atoms with van der Waals surface area (Å²) in [5.74, 6) is 2.91. The van der Waals surface area contributed by atoms with Crippen molar-refractivity contribution in [2.75, 3.05) is 36.2 Å². The Balaban J connectivity index is 1.17. The van der Waals surface area contributed by atoms with Crippen molar-refractivity contribution in [3.8, 4) is 45.3 Å². The van der Waals surface area contributed by atoms with Gasteiger partial charge in [0, 0.05) is 58.2 Å². The molecule has 0 unspecified atom stereocenters. The molecule has 0 saturated heterocycles. The molecule has 7 aromatic carbocycles. The van der Waals surface area contributed by atoms with Gasteiger partial charge in [-0.3, -0.25) is 0 Å². The number of fused-ring (bicyclic) bond motifs is 10. The van der Waals surface area contributed by atoms with Gasteiger partial charge < -0.3 is 37.6 Å². The van der Waals surface area contributed by atoms with Crippen LogP contribution in [-0.2, 0) is 10.8 Å². The van der Waals surface area contributed by atoms with Crippen LogP contribution in [0.3, 0.4) is 0 Å². The van der Waals surface area contributed by atoms with E-state index in [1.807, 2.05) is 0 Å². The van der Waals surface area contributed by atoms with E-state index >= 15 is 0 Å². The molecule has 69 heavy (non-hydrogen) atoms. The second-order valence-electron chi connectivity index (χ2n) is 20.8. The molecule has 9 aromatic rings. The molecule has 0 aliphatic carbocycles. The summed E-state index contributed by atoms with van der Waals surface area (Å²) in [5, 5.41) is 2.06. The largest absolute Gasteiger partial charge is 0.490 e. The van der Waals surface area contributed by atoms with E-state index in [0.29, 0.717) is 26.4 Å². The molecule has 8 nitrogen and oxygen atoms in total. The maximum atomic E-state index is 7.38. The molecular formula is C60H53BN2O6. The number of benzene rings is 7. The summed E-state index contributed by atoms with van der Waals surface area (Å²) in [4.78, 5) is 4.85. The van der Waals surface area contributed by atoms with Crippen LogP contribution in [0.5, 0.6) is 23.0 Å². The molecule has 13 rings (SSSR count). The first-order valence-electron chi connectivity index (χ1n) is 24.3. The number of anilines is 6. The lowest BCUT2D eigenvalue weighted by atomic mass is 9.37. The van der Waals surface area contributed by atoms with Gasteiger partial charge in [0.05, 0.1) is 49.2 Å². The Hall–Kier alpha value is -7.52. The minimum absolute atomic E-state index is 0.117. The zero-order valence-corrected chi connectivity index (χ0v) is 39.9. The summed E-state index contributed by atoms with van der Waals surface area (Å²) in [6.07, 6.45) is 1.60. The molecule has 2 aromatic heterocycles. The second kappa shape index (κ2) is 15.5. The summed E-state index contributed by atoms with van der Waals surface area (Å²) in [7, 11) is 0. The van der Waals surface area contributed by atoms with Gasteiger partial charge >= 0.3 is 6.71 Å². The predicted octanol–water partition coefficient (Wildman–Crippen LogP) is 13.5. The van der Waals surface area contributed by atoms with Crippen molar-refractivity contribution in [2.45, 2.75) is 65.2 Å². The lowest BCUT2D eigenvalue weighted by Crippen LogP contribution is -2.60. The quantitative estimate of drug-likeness (QED) is 0.162. The first kappa shape index (κ1) is 41.7. The highest BCUT2D eigenvalue weighted by Crippen LogP contribution is 2.54. The van der Waals surface area contributed by atoms with Crippen molar-refractivity contribution in [3.63, 3.8) is 0 Å². The molecule has 0 atom stereocenters. The third-order valence-electron chi connectivity index (χ3n) is 14.3. The molecule has 342 valence electrons. The molecule has 0 N–H and O–H groups in total. The van der Waals surface area contributed by atoms with Gasteiger partial charge in [-0.2, -0.15) is 0 Å². The van der Waals surface area contributed by atoms with Crippen LogP contribution >= 0.6 is 0 Å². The van der Waals surface area contributed by atoms with Crippen LogP contribution in [0, 0.1) is 0 Å². The van der Waals surface area contributed by atoms with Crippen LogP contribution in [0.1, 0.15) is 65.5 Å². The highest BCUT2D eigenvalue weighted by Gasteiger charge is 2.50. The number of ether oxygens (including phenoxy) is 4. The average Bonchev–Trinajstić information content (AvgIpc) is 3.70. The zero-order valence-electron chi connectivity index (χ0n) is 39.9. The van der Waals surface area contributed by atoms with Gasteiger partial charge in [-0.05, 0) is 87.1 Å². The molecular weight excluding hydrogens is 855 g/mol. The van der Waals surface area contributed by atoms with Crippen molar-refractivity contribution in [1.82, 2.24) is 0 Å². The third kappa shape index (κ3) is 6.64. The first-order chi connectivity index (χ1) is 33.5. The van der Waals surface area contributed by atoms with E-state index in [1.54, 1.807) is 0 Å². The van der Waals surface area contributed by atoms with Gasteiger partial charge in [0.25, 0.3) is 0 Å². The van der Waals surface area contributed by atoms with Crippen molar-refractivity contribution < 1.29 is 27.8 Å².